The van der Waals surface area contributed by atoms with E-state index >= 15 is 0 Å². The van der Waals surface area contributed by atoms with E-state index in [1.807, 2.05) is 52.7 Å². The lowest BCUT2D eigenvalue weighted by Gasteiger charge is -2.23. The molecule has 1 saturated heterocycles. The number of hydrogen-bond donors (Lipinski definition) is 3. The third kappa shape index (κ3) is 5.40. The lowest BCUT2D eigenvalue weighted by Crippen LogP contribution is -2.41. The molecule has 1 atom stereocenters. The Morgan fingerprint density at radius 3 is 2.79 bits per heavy atom. The van der Waals surface area contributed by atoms with Gasteiger partial charge in [0.25, 0.3) is 0 Å². The lowest BCUT2D eigenvalue weighted by molar-refractivity contribution is 0.320. The summed E-state index contributed by atoms with van der Waals surface area (Å²) < 4.78 is 6.49. The van der Waals surface area contributed by atoms with Gasteiger partial charge in [0, 0.05) is 45.7 Å². The Hall–Kier alpha value is -2.95. The highest BCUT2D eigenvalue weighted by Gasteiger charge is 2.27. The first-order valence-electron chi connectivity index (χ1n) is 10.6. The molecule has 2 aromatic heterocycles. The quantitative estimate of drug-likeness (QED) is 0.205. The van der Waals surface area contributed by atoms with E-state index in [0.717, 1.165) is 51.5 Å². The van der Waals surface area contributed by atoms with E-state index in [-0.39, 0.29) is 24.4 Å². The number of benzene rings is 2. The van der Waals surface area contributed by atoms with Crippen LogP contribution in [0.3, 0.4) is 0 Å². The summed E-state index contributed by atoms with van der Waals surface area (Å²) in [4.78, 5) is 11.1. The van der Waals surface area contributed by atoms with Crippen LogP contribution in [0.2, 0.25) is 0 Å². The average Bonchev–Trinajstić information content (AvgIpc) is 3.56. The van der Waals surface area contributed by atoms with Gasteiger partial charge in [0.05, 0.1) is 5.69 Å². The molecular weight excluding hydrogens is 538 g/mol. The summed E-state index contributed by atoms with van der Waals surface area (Å²) in [5, 5.41) is 18.1. The van der Waals surface area contributed by atoms with Crippen molar-refractivity contribution in [1.29, 1.82) is 5.41 Å². The van der Waals surface area contributed by atoms with Crippen LogP contribution in [0.1, 0.15) is 18.7 Å². The molecule has 11 heteroatoms. The highest BCUT2D eigenvalue weighted by Crippen LogP contribution is 2.29. The molecule has 0 bridgehead atoms. The van der Waals surface area contributed by atoms with E-state index in [9.17, 15) is 0 Å². The highest BCUT2D eigenvalue weighted by atomic mass is 79.9. The molecule has 0 saturated carbocycles. The molecule has 0 radical (unpaired) electrons. The SMILES string of the molecule is Cl.N=C(N)N1CCC[C@H]1Cc1nc(-c2ccc(Nc3nc(-c4cccc(Br)c4)cs3)cc2)no1. The van der Waals surface area contributed by atoms with Crippen LogP contribution in [0.25, 0.3) is 22.6 Å². The van der Waals surface area contributed by atoms with Crippen molar-refractivity contribution in [2.45, 2.75) is 25.3 Å². The van der Waals surface area contributed by atoms with Gasteiger partial charge < -0.3 is 20.5 Å². The lowest BCUT2D eigenvalue weighted by atomic mass is 10.1. The van der Waals surface area contributed by atoms with Gasteiger partial charge in [-0.3, -0.25) is 5.41 Å². The van der Waals surface area contributed by atoms with Gasteiger partial charge in [0.15, 0.2) is 11.1 Å². The second kappa shape index (κ2) is 10.5. The Morgan fingerprint density at radius 2 is 2.03 bits per heavy atom. The van der Waals surface area contributed by atoms with E-state index < -0.39 is 0 Å². The predicted molar refractivity (Wildman–Crippen MR) is 141 cm³/mol. The number of hydrogen-bond acceptors (Lipinski definition) is 7. The number of anilines is 2. The molecule has 176 valence electrons. The Morgan fingerprint density at radius 1 is 1.21 bits per heavy atom. The predicted octanol–water partition coefficient (Wildman–Crippen LogP) is 5.69. The molecule has 8 nitrogen and oxygen atoms in total. The number of guanidine groups is 1. The maximum absolute atomic E-state index is 7.71. The van der Waals surface area contributed by atoms with Gasteiger partial charge in [-0.1, -0.05) is 33.2 Å². The van der Waals surface area contributed by atoms with Crippen molar-refractivity contribution in [2.75, 3.05) is 11.9 Å². The highest BCUT2D eigenvalue weighted by molar-refractivity contribution is 9.10. The minimum absolute atomic E-state index is 0. The first kappa shape index (κ1) is 24.2. The molecule has 34 heavy (non-hydrogen) atoms. The van der Waals surface area contributed by atoms with E-state index in [1.165, 1.54) is 0 Å². The minimum Gasteiger partial charge on any atom is -0.370 e. The molecule has 5 rings (SSSR count). The normalized spacial score (nSPS) is 15.2. The van der Waals surface area contributed by atoms with Gasteiger partial charge in [-0.25, -0.2) is 4.98 Å². The number of aromatic nitrogens is 3. The van der Waals surface area contributed by atoms with Gasteiger partial charge in [-0.05, 0) is 49.2 Å². The standard InChI is InChI=1S/C23H22BrN7OS.ClH/c24-16-4-1-3-15(11-16)19-13-33-23(28-19)27-17-8-6-14(7-9-17)21-29-20(32-30-21)12-18-5-2-10-31(18)22(25)26;/h1,3-4,6-9,11,13,18H,2,5,10,12H2,(H3,25,26)(H,27,28);1H/t18-;/m0./s1. The van der Waals surface area contributed by atoms with Gasteiger partial charge >= 0.3 is 0 Å². The number of rotatable bonds is 6. The van der Waals surface area contributed by atoms with Gasteiger partial charge in [-0.2, -0.15) is 4.98 Å². The smallest absolute Gasteiger partial charge is 0.229 e. The molecule has 0 unspecified atom stereocenters. The zero-order chi connectivity index (χ0) is 22.8. The Labute approximate surface area is 215 Å². The molecule has 0 aliphatic carbocycles. The van der Waals surface area contributed by atoms with Gasteiger partial charge in [0.2, 0.25) is 11.7 Å². The van der Waals surface area contributed by atoms with Crippen molar-refractivity contribution in [3.63, 3.8) is 0 Å². The fraction of sp³-hybridized carbons (Fsp3) is 0.217. The fourth-order valence-electron chi connectivity index (χ4n) is 3.96. The number of likely N-dealkylation sites (tertiary alicyclic amines) is 1. The number of nitrogens with two attached hydrogens (primary N) is 1. The van der Waals surface area contributed by atoms with Crippen molar-refractivity contribution in [2.24, 2.45) is 5.73 Å². The van der Waals surface area contributed by atoms with Crippen LogP contribution in [0.15, 0.2) is 62.9 Å². The average molecular weight is 561 g/mol. The molecule has 2 aromatic carbocycles. The van der Waals surface area contributed by atoms with E-state index in [0.29, 0.717) is 18.1 Å². The van der Waals surface area contributed by atoms with Crippen LogP contribution >= 0.6 is 39.7 Å². The molecule has 4 aromatic rings. The first-order valence-corrected chi connectivity index (χ1v) is 12.2. The fourth-order valence-corrected chi connectivity index (χ4v) is 5.10. The summed E-state index contributed by atoms with van der Waals surface area (Å²) in [6.45, 7) is 0.805. The number of halogens is 2. The second-order valence-electron chi connectivity index (χ2n) is 7.84. The summed E-state index contributed by atoms with van der Waals surface area (Å²) in [5.41, 5.74) is 9.49. The van der Waals surface area contributed by atoms with Crippen LogP contribution in [0, 0.1) is 5.41 Å². The Balaban J connectivity index is 0.00000274. The van der Waals surface area contributed by atoms with Gasteiger partial charge in [0.1, 0.15) is 0 Å². The summed E-state index contributed by atoms with van der Waals surface area (Å²) in [6.07, 6.45) is 2.58. The number of nitrogens with one attached hydrogen (secondary N) is 2. The van der Waals surface area contributed by atoms with Crippen molar-refractivity contribution >= 4 is 56.5 Å². The minimum atomic E-state index is 0. The van der Waals surface area contributed by atoms with Crippen molar-refractivity contribution in [3.8, 4) is 22.6 Å². The number of nitrogens with zero attached hydrogens (tertiary/aromatic N) is 4. The number of thiazole rings is 1. The molecule has 0 spiro atoms. The third-order valence-electron chi connectivity index (χ3n) is 5.58. The third-order valence-corrected chi connectivity index (χ3v) is 6.83. The van der Waals surface area contributed by atoms with Gasteiger partial charge in [-0.15, -0.1) is 23.7 Å². The van der Waals surface area contributed by atoms with Crippen molar-refractivity contribution in [3.05, 3.63) is 64.3 Å². The van der Waals surface area contributed by atoms with Crippen molar-refractivity contribution in [1.82, 2.24) is 20.0 Å². The Kier molecular flexibility index (Phi) is 7.50. The van der Waals surface area contributed by atoms with E-state index in [1.54, 1.807) is 11.3 Å². The largest absolute Gasteiger partial charge is 0.370 e. The van der Waals surface area contributed by atoms with Crippen molar-refractivity contribution < 1.29 is 4.52 Å². The summed E-state index contributed by atoms with van der Waals surface area (Å²) in [6, 6.07) is 16.1. The van der Waals surface area contributed by atoms with Crippen LogP contribution in [-0.2, 0) is 6.42 Å². The molecular formula is C23H23BrClN7OS. The molecule has 1 aliphatic rings. The zero-order valence-corrected chi connectivity index (χ0v) is 21.3. The molecule has 0 amide bonds. The summed E-state index contributed by atoms with van der Waals surface area (Å²) in [5.74, 6) is 1.22. The molecule has 1 fully saturated rings. The van der Waals surface area contributed by atoms with E-state index in [4.69, 9.17) is 15.7 Å². The summed E-state index contributed by atoms with van der Waals surface area (Å²) >= 11 is 5.07. The molecule has 3 heterocycles. The topological polar surface area (TPSA) is 117 Å². The molecule has 4 N–H and O–H groups in total. The maximum Gasteiger partial charge on any atom is 0.229 e. The monoisotopic (exact) mass is 559 g/mol. The van der Waals surface area contributed by atoms with Crippen LogP contribution in [0.5, 0.6) is 0 Å². The van der Waals surface area contributed by atoms with E-state index in [2.05, 4.69) is 42.4 Å². The summed E-state index contributed by atoms with van der Waals surface area (Å²) in [7, 11) is 0. The first-order chi connectivity index (χ1) is 16.0. The molecule has 1 aliphatic heterocycles. The Bertz CT molecular complexity index is 1280. The van der Waals surface area contributed by atoms with Crippen LogP contribution in [-0.4, -0.2) is 38.6 Å². The maximum atomic E-state index is 7.71. The zero-order valence-electron chi connectivity index (χ0n) is 18.1. The van der Waals surface area contributed by atoms with Crippen LogP contribution in [0.4, 0.5) is 10.8 Å². The van der Waals surface area contributed by atoms with Crippen LogP contribution < -0.4 is 11.1 Å². The second-order valence-corrected chi connectivity index (χ2v) is 9.61.